The molecule has 6 heteroatoms. The second kappa shape index (κ2) is 6.47. The lowest BCUT2D eigenvalue weighted by atomic mass is 10.1. The number of carbonyl (C=O) groups excluding carboxylic acids is 1. The van der Waals surface area contributed by atoms with Crippen molar-refractivity contribution >= 4 is 5.91 Å². The Morgan fingerprint density at radius 3 is 2.67 bits per heavy atom. The zero-order chi connectivity index (χ0) is 15.5. The average molecular weight is 300 g/mol. The van der Waals surface area contributed by atoms with Crippen LogP contribution in [0.3, 0.4) is 0 Å². The molecule has 1 aliphatic heterocycles. The molecule has 0 spiro atoms. The summed E-state index contributed by atoms with van der Waals surface area (Å²) >= 11 is 0. The van der Waals surface area contributed by atoms with E-state index < -0.39 is 17.6 Å². The first kappa shape index (κ1) is 15.8. The summed E-state index contributed by atoms with van der Waals surface area (Å²) in [5.41, 5.74) is -1.14. The smallest absolute Gasteiger partial charge is 0.337 e. The van der Waals surface area contributed by atoms with Crippen LogP contribution in [0.15, 0.2) is 24.3 Å². The molecule has 3 nitrogen and oxygen atoms in total. The highest BCUT2D eigenvalue weighted by molar-refractivity contribution is 5.96. The van der Waals surface area contributed by atoms with Gasteiger partial charge in [-0.05, 0) is 38.4 Å². The van der Waals surface area contributed by atoms with Crippen LogP contribution in [0.2, 0.25) is 0 Å². The van der Waals surface area contributed by atoms with Crippen molar-refractivity contribution in [1.29, 1.82) is 0 Å². The molecule has 1 saturated heterocycles. The molecule has 0 bridgehead atoms. The Kier molecular flexibility index (Phi) is 4.88. The van der Waals surface area contributed by atoms with Crippen molar-refractivity contribution in [1.82, 2.24) is 10.2 Å². The molecular formula is C15H19F3N2O. The zero-order valence-electron chi connectivity index (χ0n) is 11.9. The van der Waals surface area contributed by atoms with Gasteiger partial charge in [0.1, 0.15) is 0 Å². The molecule has 0 aromatic heterocycles. The molecule has 0 radical (unpaired) electrons. The van der Waals surface area contributed by atoms with E-state index in [1.807, 2.05) is 0 Å². The topological polar surface area (TPSA) is 32.3 Å². The second-order valence-corrected chi connectivity index (χ2v) is 5.18. The first-order chi connectivity index (χ1) is 9.93. The van der Waals surface area contributed by atoms with E-state index in [-0.39, 0.29) is 11.6 Å². The van der Waals surface area contributed by atoms with Crippen LogP contribution < -0.4 is 5.32 Å². The summed E-state index contributed by atoms with van der Waals surface area (Å²) in [7, 11) is 0. The molecule has 1 heterocycles. The second-order valence-electron chi connectivity index (χ2n) is 5.18. The highest BCUT2D eigenvalue weighted by Gasteiger charge is 2.36. The van der Waals surface area contributed by atoms with Crippen molar-refractivity contribution < 1.29 is 18.0 Å². The fraction of sp³-hybridized carbons (Fsp3) is 0.533. The van der Waals surface area contributed by atoms with Crippen LogP contribution in [0.1, 0.15) is 35.7 Å². The van der Waals surface area contributed by atoms with Crippen molar-refractivity contribution in [2.24, 2.45) is 0 Å². The largest absolute Gasteiger partial charge is 0.417 e. The maximum atomic E-state index is 13.0. The molecule has 1 aromatic rings. The van der Waals surface area contributed by atoms with Crippen molar-refractivity contribution in [2.45, 2.75) is 32.0 Å². The maximum absolute atomic E-state index is 13.0. The third-order valence-electron chi connectivity index (χ3n) is 3.73. The summed E-state index contributed by atoms with van der Waals surface area (Å²) in [4.78, 5) is 13.9. The number of carbonyl (C=O) groups is 1. The Balaban J connectivity index is 2.21. The lowest BCUT2D eigenvalue weighted by Crippen LogP contribution is -2.41. The van der Waals surface area contributed by atoms with E-state index >= 15 is 0 Å². The van der Waals surface area contributed by atoms with Gasteiger partial charge in [-0.1, -0.05) is 12.1 Å². The minimum Gasteiger partial charge on any atom is -0.337 e. The SMILES string of the molecule is CCN(CC1CCCN1)C(=O)c1ccccc1C(F)(F)F. The van der Waals surface area contributed by atoms with Gasteiger partial charge in [0.05, 0.1) is 11.1 Å². The highest BCUT2D eigenvalue weighted by atomic mass is 19.4. The Morgan fingerprint density at radius 1 is 1.38 bits per heavy atom. The maximum Gasteiger partial charge on any atom is 0.417 e. The number of benzene rings is 1. The van der Waals surface area contributed by atoms with Crippen LogP contribution in [0.25, 0.3) is 0 Å². The Morgan fingerprint density at radius 2 is 2.10 bits per heavy atom. The summed E-state index contributed by atoms with van der Waals surface area (Å²) in [5.74, 6) is -0.556. The van der Waals surface area contributed by atoms with Crippen LogP contribution in [0.5, 0.6) is 0 Å². The zero-order valence-corrected chi connectivity index (χ0v) is 11.9. The summed E-state index contributed by atoms with van der Waals surface area (Å²) in [6.45, 7) is 3.52. The number of halogens is 3. The summed E-state index contributed by atoms with van der Waals surface area (Å²) in [5, 5.41) is 3.26. The summed E-state index contributed by atoms with van der Waals surface area (Å²) in [6.07, 6.45) is -2.53. The summed E-state index contributed by atoms with van der Waals surface area (Å²) < 4.78 is 39.0. The van der Waals surface area contributed by atoms with E-state index in [9.17, 15) is 18.0 Å². The van der Waals surface area contributed by atoms with Gasteiger partial charge in [0.25, 0.3) is 5.91 Å². The van der Waals surface area contributed by atoms with Gasteiger partial charge in [-0.2, -0.15) is 13.2 Å². The summed E-state index contributed by atoms with van der Waals surface area (Å²) in [6, 6.07) is 5.13. The number of alkyl halides is 3. The third kappa shape index (κ3) is 3.75. The van der Waals surface area contributed by atoms with E-state index in [1.165, 1.54) is 23.1 Å². The van der Waals surface area contributed by atoms with Crippen molar-refractivity contribution in [3.63, 3.8) is 0 Å². The average Bonchev–Trinajstić information content (AvgIpc) is 2.96. The van der Waals surface area contributed by atoms with Gasteiger partial charge in [0, 0.05) is 19.1 Å². The predicted octanol–water partition coefficient (Wildman–Crippen LogP) is 2.92. The first-order valence-corrected chi connectivity index (χ1v) is 7.12. The molecule has 2 rings (SSSR count). The van der Waals surface area contributed by atoms with Gasteiger partial charge in [0.2, 0.25) is 0 Å². The Hall–Kier alpha value is -1.56. The van der Waals surface area contributed by atoms with Gasteiger partial charge in [-0.3, -0.25) is 4.79 Å². The Bertz CT molecular complexity index is 496. The van der Waals surface area contributed by atoms with Gasteiger partial charge < -0.3 is 10.2 Å². The molecule has 1 atom stereocenters. The molecule has 1 aliphatic rings. The molecule has 0 saturated carbocycles. The number of hydrogen-bond donors (Lipinski definition) is 1. The van der Waals surface area contributed by atoms with Gasteiger partial charge in [0.15, 0.2) is 0 Å². The van der Waals surface area contributed by atoms with E-state index in [0.717, 1.165) is 25.5 Å². The fourth-order valence-corrected chi connectivity index (χ4v) is 2.62. The lowest BCUT2D eigenvalue weighted by Gasteiger charge is -2.25. The van der Waals surface area contributed by atoms with Crippen molar-refractivity contribution in [3.05, 3.63) is 35.4 Å². The number of nitrogens with one attached hydrogen (secondary N) is 1. The number of amides is 1. The van der Waals surface area contributed by atoms with E-state index in [4.69, 9.17) is 0 Å². The molecule has 1 unspecified atom stereocenters. The van der Waals surface area contributed by atoms with E-state index in [1.54, 1.807) is 6.92 Å². The number of hydrogen-bond acceptors (Lipinski definition) is 2. The van der Waals surface area contributed by atoms with Crippen LogP contribution in [-0.2, 0) is 6.18 Å². The number of rotatable bonds is 4. The third-order valence-corrected chi connectivity index (χ3v) is 3.73. The van der Waals surface area contributed by atoms with Gasteiger partial charge in [-0.25, -0.2) is 0 Å². The van der Waals surface area contributed by atoms with Gasteiger partial charge in [-0.15, -0.1) is 0 Å². The Labute approximate surface area is 122 Å². The first-order valence-electron chi connectivity index (χ1n) is 7.12. The van der Waals surface area contributed by atoms with Crippen molar-refractivity contribution in [3.8, 4) is 0 Å². The molecule has 21 heavy (non-hydrogen) atoms. The normalized spacial score (nSPS) is 18.8. The number of likely N-dealkylation sites (N-methyl/N-ethyl adjacent to an activating group) is 1. The van der Waals surface area contributed by atoms with E-state index in [0.29, 0.717) is 13.1 Å². The molecular weight excluding hydrogens is 281 g/mol. The highest BCUT2D eigenvalue weighted by Crippen LogP contribution is 2.32. The molecule has 0 aliphatic carbocycles. The monoisotopic (exact) mass is 300 g/mol. The van der Waals surface area contributed by atoms with E-state index in [2.05, 4.69) is 5.32 Å². The minimum atomic E-state index is -4.52. The lowest BCUT2D eigenvalue weighted by molar-refractivity contribution is -0.138. The van der Waals surface area contributed by atoms with Crippen LogP contribution in [0.4, 0.5) is 13.2 Å². The predicted molar refractivity (Wildman–Crippen MR) is 74.0 cm³/mol. The van der Waals surface area contributed by atoms with Crippen molar-refractivity contribution in [2.75, 3.05) is 19.6 Å². The minimum absolute atomic E-state index is 0.173. The molecule has 1 N–H and O–H groups in total. The van der Waals surface area contributed by atoms with Gasteiger partial charge >= 0.3 is 6.18 Å². The molecule has 1 amide bonds. The van der Waals surface area contributed by atoms with Crippen LogP contribution in [0, 0.1) is 0 Å². The molecule has 116 valence electrons. The van der Waals surface area contributed by atoms with Crippen LogP contribution >= 0.6 is 0 Å². The van der Waals surface area contributed by atoms with Crippen LogP contribution in [-0.4, -0.2) is 36.5 Å². The molecule has 1 fully saturated rings. The fourth-order valence-electron chi connectivity index (χ4n) is 2.62. The molecule has 1 aromatic carbocycles. The standard InChI is InChI=1S/C15H19F3N2O/c1-2-20(10-11-6-5-9-19-11)14(21)12-7-3-4-8-13(12)15(16,17)18/h3-4,7-8,11,19H,2,5-6,9-10H2,1H3. The number of nitrogens with zero attached hydrogens (tertiary/aromatic N) is 1. The quantitative estimate of drug-likeness (QED) is 0.927.